The predicted molar refractivity (Wildman–Crippen MR) is 88.7 cm³/mol. The van der Waals surface area contributed by atoms with Gasteiger partial charge in [0.25, 0.3) is 0 Å². The molecule has 2 saturated heterocycles. The number of aromatic nitrogens is 2. The van der Waals surface area contributed by atoms with Crippen LogP contribution in [-0.2, 0) is 14.8 Å². The topological polar surface area (TPSA) is 112 Å². The molecule has 9 heteroatoms. The van der Waals surface area contributed by atoms with Gasteiger partial charge in [-0.3, -0.25) is 9.89 Å². The second kappa shape index (κ2) is 6.45. The van der Waals surface area contributed by atoms with Gasteiger partial charge in [0.15, 0.2) is 0 Å². The molecule has 134 valence electrons. The van der Waals surface area contributed by atoms with Gasteiger partial charge >= 0.3 is 0 Å². The van der Waals surface area contributed by atoms with E-state index in [9.17, 15) is 13.2 Å². The van der Waals surface area contributed by atoms with Crippen molar-refractivity contribution in [2.75, 3.05) is 26.2 Å². The van der Waals surface area contributed by atoms with Crippen molar-refractivity contribution in [3.63, 3.8) is 0 Å². The van der Waals surface area contributed by atoms with Gasteiger partial charge in [-0.1, -0.05) is 0 Å². The lowest BCUT2D eigenvalue weighted by Gasteiger charge is -2.33. The number of rotatable bonds is 3. The summed E-state index contributed by atoms with van der Waals surface area (Å²) in [6, 6.07) is 0.0357. The molecule has 3 N–H and O–H groups in total. The van der Waals surface area contributed by atoms with Crippen molar-refractivity contribution in [3.8, 4) is 0 Å². The van der Waals surface area contributed by atoms with E-state index in [-0.39, 0.29) is 29.3 Å². The zero-order valence-corrected chi connectivity index (χ0v) is 15.0. The number of piperidine rings is 1. The van der Waals surface area contributed by atoms with Gasteiger partial charge < -0.3 is 10.6 Å². The van der Waals surface area contributed by atoms with Gasteiger partial charge in [-0.05, 0) is 33.1 Å². The number of aryl methyl sites for hydroxylation is 2. The van der Waals surface area contributed by atoms with Crippen molar-refractivity contribution < 1.29 is 13.2 Å². The molecule has 2 fully saturated rings. The number of carbonyl (C=O) groups excluding carboxylic acids is 1. The number of likely N-dealkylation sites (tertiary alicyclic amines) is 1. The summed E-state index contributed by atoms with van der Waals surface area (Å²) >= 11 is 0. The molecule has 24 heavy (non-hydrogen) atoms. The first-order chi connectivity index (χ1) is 11.3. The fourth-order valence-corrected chi connectivity index (χ4v) is 5.51. The smallest absolute Gasteiger partial charge is 0.246 e. The van der Waals surface area contributed by atoms with Crippen LogP contribution < -0.4 is 5.73 Å². The van der Waals surface area contributed by atoms with E-state index >= 15 is 0 Å². The zero-order valence-electron chi connectivity index (χ0n) is 14.2. The number of hydrogen-bond acceptors (Lipinski definition) is 5. The van der Waals surface area contributed by atoms with Crippen LogP contribution in [0.1, 0.15) is 30.7 Å². The Kier molecular flexibility index (Phi) is 4.67. The molecule has 0 bridgehead atoms. The fourth-order valence-electron chi connectivity index (χ4n) is 3.66. The number of nitrogens with two attached hydrogens (primary N) is 1. The standard InChI is InChI=1S/C15H25N5O3S/c1-10-14(11(2)18-17-10)24(22,23)20-6-3-4-12(8-20)15(21)19-7-5-13(16)9-19/h12-13H,3-9,16H2,1-2H3,(H,17,18)/t12?,13-/m1/s1. The maximum Gasteiger partial charge on any atom is 0.246 e. The lowest BCUT2D eigenvalue weighted by atomic mass is 9.98. The highest BCUT2D eigenvalue weighted by Gasteiger charge is 2.38. The van der Waals surface area contributed by atoms with E-state index in [1.807, 2.05) is 0 Å². The number of amides is 1. The molecule has 1 amide bonds. The molecular formula is C15H25N5O3S. The van der Waals surface area contributed by atoms with Crippen LogP contribution in [0.15, 0.2) is 4.90 Å². The third kappa shape index (κ3) is 3.07. The van der Waals surface area contributed by atoms with Crippen LogP contribution in [0.3, 0.4) is 0 Å². The molecule has 0 radical (unpaired) electrons. The van der Waals surface area contributed by atoms with E-state index in [0.29, 0.717) is 37.4 Å². The maximum absolute atomic E-state index is 13.0. The van der Waals surface area contributed by atoms with Crippen LogP contribution in [-0.4, -0.2) is 65.9 Å². The monoisotopic (exact) mass is 355 g/mol. The molecule has 3 rings (SSSR count). The van der Waals surface area contributed by atoms with Crippen LogP contribution in [0.2, 0.25) is 0 Å². The molecule has 0 aliphatic carbocycles. The summed E-state index contributed by atoms with van der Waals surface area (Å²) in [5.41, 5.74) is 6.87. The molecule has 0 aromatic carbocycles. The quantitative estimate of drug-likeness (QED) is 0.792. The molecule has 1 aromatic heterocycles. The molecule has 3 heterocycles. The summed E-state index contributed by atoms with van der Waals surface area (Å²) in [5.74, 6) is -0.255. The SMILES string of the molecule is Cc1n[nH]c(C)c1S(=O)(=O)N1CCCC(C(=O)N2CC[C@@H](N)C2)C1. The Morgan fingerprint density at radius 2 is 2.00 bits per heavy atom. The Morgan fingerprint density at radius 1 is 1.25 bits per heavy atom. The van der Waals surface area contributed by atoms with E-state index in [1.165, 1.54) is 4.31 Å². The summed E-state index contributed by atoms with van der Waals surface area (Å²) in [6.07, 6.45) is 2.22. The minimum Gasteiger partial charge on any atom is -0.341 e. The highest BCUT2D eigenvalue weighted by atomic mass is 32.2. The van der Waals surface area contributed by atoms with Crippen LogP contribution in [0, 0.1) is 19.8 Å². The average Bonchev–Trinajstić information content (AvgIpc) is 3.12. The predicted octanol–water partition coefficient (Wildman–Crippen LogP) is -0.0132. The number of hydrogen-bond donors (Lipinski definition) is 2. The summed E-state index contributed by atoms with van der Waals surface area (Å²) in [5, 5.41) is 6.70. The minimum absolute atomic E-state index is 0.0310. The molecule has 0 spiro atoms. The molecule has 1 unspecified atom stereocenters. The first-order valence-electron chi connectivity index (χ1n) is 8.36. The van der Waals surface area contributed by atoms with Gasteiger partial charge in [-0.15, -0.1) is 0 Å². The van der Waals surface area contributed by atoms with Crippen molar-refractivity contribution in [2.24, 2.45) is 11.7 Å². The van der Waals surface area contributed by atoms with Gasteiger partial charge in [0.05, 0.1) is 17.3 Å². The molecule has 1 aromatic rings. The molecule has 2 atom stereocenters. The summed E-state index contributed by atoms with van der Waals surface area (Å²) in [7, 11) is -3.64. The van der Waals surface area contributed by atoms with E-state index in [0.717, 1.165) is 12.8 Å². The Balaban J connectivity index is 1.77. The lowest BCUT2D eigenvalue weighted by molar-refractivity contribution is -0.135. The third-order valence-corrected chi connectivity index (χ3v) is 7.06. The molecule has 2 aliphatic heterocycles. The van der Waals surface area contributed by atoms with Crippen LogP contribution in [0.5, 0.6) is 0 Å². The van der Waals surface area contributed by atoms with E-state index < -0.39 is 10.0 Å². The average molecular weight is 355 g/mol. The number of nitrogens with one attached hydrogen (secondary N) is 1. The summed E-state index contributed by atoms with van der Waals surface area (Å²) < 4.78 is 27.3. The maximum atomic E-state index is 13.0. The van der Waals surface area contributed by atoms with Crippen molar-refractivity contribution >= 4 is 15.9 Å². The number of sulfonamides is 1. The second-order valence-electron chi connectivity index (χ2n) is 6.80. The van der Waals surface area contributed by atoms with Crippen LogP contribution in [0.25, 0.3) is 0 Å². The second-order valence-corrected chi connectivity index (χ2v) is 8.67. The number of carbonyl (C=O) groups is 1. The normalized spacial score (nSPS) is 26.0. The zero-order chi connectivity index (χ0) is 17.5. The number of H-pyrrole nitrogens is 1. The van der Waals surface area contributed by atoms with Crippen LogP contribution >= 0.6 is 0 Å². The van der Waals surface area contributed by atoms with Gasteiger partial charge in [0.2, 0.25) is 15.9 Å². The van der Waals surface area contributed by atoms with Gasteiger partial charge in [-0.25, -0.2) is 8.42 Å². The third-order valence-electron chi connectivity index (χ3n) is 4.93. The van der Waals surface area contributed by atoms with Crippen molar-refractivity contribution in [2.45, 2.75) is 44.0 Å². The molecule has 2 aliphatic rings. The van der Waals surface area contributed by atoms with E-state index in [4.69, 9.17) is 5.73 Å². The van der Waals surface area contributed by atoms with Crippen molar-refractivity contribution in [1.29, 1.82) is 0 Å². The van der Waals surface area contributed by atoms with Gasteiger partial charge in [-0.2, -0.15) is 9.40 Å². The highest BCUT2D eigenvalue weighted by molar-refractivity contribution is 7.89. The van der Waals surface area contributed by atoms with Crippen molar-refractivity contribution in [1.82, 2.24) is 19.4 Å². The first kappa shape index (κ1) is 17.4. The van der Waals surface area contributed by atoms with Gasteiger partial charge in [0, 0.05) is 32.2 Å². The molecule has 0 saturated carbocycles. The molecular weight excluding hydrogens is 330 g/mol. The Morgan fingerprint density at radius 3 is 2.58 bits per heavy atom. The fraction of sp³-hybridized carbons (Fsp3) is 0.733. The number of nitrogens with zero attached hydrogens (tertiary/aromatic N) is 3. The first-order valence-corrected chi connectivity index (χ1v) is 9.80. The lowest BCUT2D eigenvalue weighted by Crippen LogP contribution is -2.46. The molecule has 8 nitrogen and oxygen atoms in total. The Bertz CT molecular complexity index is 710. The van der Waals surface area contributed by atoms with Gasteiger partial charge in [0.1, 0.15) is 4.90 Å². The van der Waals surface area contributed by atoms with E-state index in [1.54, 1.807) is 18.7 Å². The summed E-state index contributed by atoms with van der Waals surface area (Å²) in [4.78, 5) is 14.7. The Hall–Kier alpha value is -1.45. The van der Waals surface area contributed by atoms with Crippen molar-refractivity contribution in [3.05, 3.63) is 11.4 Å². The van der Waals surface area contributed by atoms with Crippen LogP contribution in [0.4, 0.5) is 0 Å². The minimum atomic E-state index is -3.64. The summed E-state index contributed by atoms with van der Waals surface area (Å²) in [6.45, 7) is 5.29. The largest absolute Gasteiger partial charge is 0.341 e. The number of aromatic amines is 1. The highest BCUT2D eigenvalue weighted by Crippen LogP contribution is 2.28. The Labute approximate surface area is 142 Å². The van der Waals surface area contributed by atoms with E-state index in [2.05, 4.69) is 10.2 Å².